The Labute approximate surface area is 106 Å². The van der Waals surface area contributed by atoms with Crippen LogP contribution in [0.3, 0.4) is 0 Å². The first-order valence-electron chi connectivity index (χ1n) is 5.18. The number of anilines is 1. The van der Waals surface area contributed by atoms with Crippen molar-refractivity contribution >= 4 is 21.6 Å². The minimum absolute atomic E-state index is 0.000820. The summed E-state index contributed by atoms with van der Waals surface area (Å²) in [5.41, 5.74) is 6.39. The lowest BCUT2D eigenvalue weighted by molar-refractivity contribution is 0.113. The Morgan fingerprint density at radius 3 is 2.50 bits per heavy atom. The molecule has 4 heteroatoms. The standard InChI is InChI=1S/C12H19BrN2O/c1-12(2,15(3)4)8-16-11-6-5-9(14)7-10(11)13/h5-7H,8,14H2,1-4H3. The molecule has 90 valence electrons. The molecule has 0 saturated carbocycles. The van der Waals surface area contributed by atoms with Gasteiger partial charge in [-0.3, -0.25) is 0 Å². The molecular formula is C12H19BrN2O. The van der Waals surface area contributed by atoms with Crippen LogP contribution in [0.1, 0.15) is 13.8 Å². The fourth-order valence-corrected chi connectivity index (χ4v) is 1.53. The monoisotopic (exact) mass is 286 g/mol. The zero-order chi connectivity index (χ0) is 12.3. The quantitative estimate of drug-likeness (QED) is 0.865. The maximum atomic E-state index is 5.77. The zero-order valence-corrected chi connectivity index (χ0v) is 11.8. The predicted octanol–water partition coefficient (Wildman–Crippen LogP) is 2.75. The van der Waals surface area contributed by atoms with Crippen molar-refractivity contribution in [3.63, 3.8) is 0 Å². The van der Waals surface area contributed by atoms with E-state index in [1.165, 1.54) is 0 Å². The number of rotatable bonds is 4. The topological polar surface area (TPSA) is 38.5 Å². The Morgan fingerprint density at radius 1 is 1.38 bits per heavy atom. The molecule has 0 heterocycles. The van der Waals surface area contributed by atoms with Crippen LogP contribution in [-0.2, 0) is 0 Å². The number of nitrogen functional groups attached to an aromatic ring is 1. The van der Waals surface area contributed by atoms with Gasteiger partial charge < -0.3 is 15.4 Å². The van der Waals surface area contributed by atoms with Crippen LogP contribution in [0.25, 0.3) is 0 Å². The summed E-state index contributed by atoms with van der Waals surface area (Å²) in [5.74, 6) is 0.823. The van der Waals surface area contributed by atoms with Gasteiger partial charge in [0.15, 0.2) is 0 Å². The molecule has 0 aliphatic heterocycles. The molecule has 3 nitrogen and oxygen atoms in total. The van der Waals surface area contributed by atoms with Crippen molar-refractivity contribution in [2.45, 2.75) is 19.4 Å². The molecule has 0 aromatic heterocycles. The summed E-state index contributed by atoms with van der Waals surface area (Å²) in [5, 5.41) is 0. The fourth-order valence-electron chi connectivity index (χ4n) is 1.02. The van der Waals surface area contributed by atoms with Gasteiger partial charge in [-0.05, 0) is 62.1 Å². The van der Waals surface area contributed by atoms with Crippen LogP contribution in [0.15, 0.2) is 22.7 Å². The number of ether oxygens (including phenoxy) is 1. The Hall–Kier alpha value is -0.740. The van der Waals surface area contributed by atoms with E-state index in [0.29, 0.717) is 6.61 Å². The van der Waals surface area contributed by atoms with E-state index in [9.17, 15) is 0 Å². The highest BCUT2D eigenvalue weighted by Crippen LogP contribution is 2.27. The van der Waals surface area contributed by atoms with Gasteiger partial charge in [0, 0.05) is 11.2 Å². The van der Waals surface area contributed by atoms with Gasteiger partial charge in [-0.25, -0.2) is 0 Å². The zero-order valence-electron chi connectivity index (χ0n) is 10.2. The van der Waals surface area contributed by atoms with Crippen LogP contribution in [-0.4, -0.2) is 31.1 Å². The molecule has 0 unspecified atom stereocenters. The maximum Gasteiger partial charge on any atom is 0.133 e. The molecule has 0 atom stereocenters. The van der Waals surface area contributed by atoms with Crippen molar-refractivity contribution in [3.8, 4) is 5.75 Å². The SMILES string of the molecule is CN(C)C(C)(C)COc1ccc(N)cc1Br. The highest BCUT2D eigenvalue weighted by molar-refractivity contribution is 9.10. The molecule has 0 radical (unpaired) electrons. The summed E-state index contributed by atoms with van der Waals surface area (Å²) in [4.78, 5) is 2.14. The summed E-state index contributed by atoms with van der Waals surface area (Å²) in [6.45, 7) is 4.90. The number of hydrogen-bond donors (Lipinski definition) is 1. The van der Waals surface area contributed by atoms with Gasteiger partial charge >= 0.3 is 0 Å². The minimum Gasteiger partial charge on any atom is -0.490 e. The fraction of sp³-hybridized carbons (Fsp3) is 0.500. The first kappa shape index (κ1) is 13.3. The van der Waals surface area contributed by atoms with E-state index >= 15 is 0 Å². The lowest BCUT2D eigenvalue weighted by atomic mass is 10.1. The molecule has 0 aliphatic rings. The van der Waals surface area contributed by atoms with E-state index in [4.69, 9.17) is 10.5 Å². The normalized spacial score (nSPS) is 11.9. The number of likely N-dealkylation sites (N-methyl/N-ethyl adjacent to an activating group) is 1. The third-order valence-electron chi connectivity index (χ3n) is 2.75. The van der Waals surface area contributed by atoms with Crippen molar-refractivity contribution in [3.05, 3.63) is 22.7 Å². The second kappa shape index (κ2) is 5.06. The number of nitrogens with two attached hydrogens (primary N) is 1. The Morgan fingerprint density at radius 2 is 2.00 bits per heavy atom. The first-order valence-corrected chi connectivity index (χ1v) is 5.97. The van der Waals surface area contributed by atoms with Gasteiger partial charge in [0.25, 0.3) is 0 Å². The van der Waals surface area contributed by atoms with Gasteiger partial charge in [0.2, 0.25) is 0 Å². The van der Waals surface area contributed by atoms with E-state index < -0.39 is 0 Å². The average molecular weight is 287 g/mol. The van der Waals surface area contributed by atoms with Gasteiger partial charge in [-0.2, -0.15) is 0 Å². The number of benzene rings is 1. The minimum atomic E-state index is 0.000820. The van der Waals surface area contributed by atoms with Crippen molar-refractivity contribution in [1.29, 1.82) is 0 Å². The lowest BCUT2D eigenvalue weighted by Crippen LogP contribution is -2.43. The van der Waals surface area contributed by atoms with E-state index in [1.807, 2.05) is 32.3 Å². The molecule has 2 N–H and O–H groups in total. The van der Waals surface area contributed by atoms with Crippen LogP contribution < -0.4 is 10.5 Å². The average Bonchev–Trinajstić information content (AvgIpc) is 2.16. The molecule has 1 aromatic carbocycles. The Kier molecular flexibility index (Phi) is 4.21. The molecule has 0 aliphatic carbocycles. The summed E-state index contributed by atoms with van der Waals surface area (Å²) < 4.78 is 6.66. The van der Waals surface area contributed by atoms with Crippen molar-refractivity contribution in [2.24, 2.45) is 0 Å². The van der Waals surface area contributed by atoms with Crippen molar-refractivity contribution in [2.75, 3.05) is 26.4 Å². The Bertz CT molecular complexity index is 364. The highest BCUT2D eigenvalue weighted by Gasteiger charge is 2.21. The van der Waals surface area contributed by atoms with Crippen LogP contribution >= 0.6 is 15.9 Å². The van der Waals surface area contributed by atoms with Crippen LogP contribution in [0.5, 0.6) is 5.75 Å². The second-order valence-electron chi connectivity index (χ2n) is 4.69. The van der Waals surface area contributed by atoms with E-state index in [-0.39, 0.29) is 5.54 Å². The molecule has 0 amide bonds. The molecule has 0 bridgehead atoms. The summed E-state index contributed by atoms with van der Waals surface area (Å²) in [6, 6.07) is 5.56. The number of hydrogen-bond acceptors (Lipinski definition) is 3. The lowest BCUT2D eigenvalue weighted by Gasteiger charge is -2.32. The van der Waals surface area contributed by atoms with Gasteiger partial charge in [-0.15, -0.1) is 0 Å². The van der Waals surface area contributed by atoms with Crippen molar-refractivity contribution < 1.29 is 4.74 Å². The van der Waals surface area contributed by atoms with Crippen LogP contribution in [0, 0.1) is 0 Å². The van der Waals surface area contributed by atoms with Gasteiger partial charge in [0.1, 0.15) is 12.4 Å². The van der Waals surface area contributed by atoms with E-state index in [1.54, 1.807) is 0 Å². The summed E-state index contributed by atoms with van der Waals surface area (Å²) >= 11 is 3.43. The number of nitrogens with zero attached hydrogens (tertiary/aromatic N) is 1. The third-order valence-corrected chi connectivity index (χ3v) is 3.37. The van der Waals surface area contributed by atoms with Crippen LogP contribution in [0.4, 0.5) is 5.69 Å². The molecule has 0 spiro atoms. The third kappa shape index (κ3) is 3.39. The molecule has 0 fully saturated rings. The summed E-state index contributed by atoms with van der Waals surface area (Å²) in [6.07, 6.45) is 0. The van der Waals surface area contributed by atoms with Gasteiger partial charge in [0.05, 0.1) is 4.47 Å². The highest BCUT2D eigenvalue weighted by atomic mass is 79.9. The Balaban J connectivity index is 2.68. The smallest absolute Gasteiger partial charge is 0.133 e. The maximum absolute atomic E-state index is 5.77. The molecule has 0 saturated heterocycles. The molecule has 1 rings (SSSR count). The van der Waals surface area contributed by atoms with Crippen LogP contribution in [0.2, 0.25) is 0 Å². The summed E-state index contributed by atoms with van der Waals surface area (Å²) in [7, 11) is 4.09. The molecular weight excluding hydrogens is 268 g/mol. The van der Waals surface area contributed by atoms with Crippen molar-refractivity contribution in [1.82, 2.24) is 4.90 Å². The molecule has 16 heavy (non-hydrogen) atoms. The molecule has 1 aromatic rings. The largest absolute Gasteiger partial charge is 0.490 e. The van der Waals surface area contributed by atoms with E-state index in [0.717, 1.165) is 15.9 Å². The predicted molar refractivity (Wildman–Crippen MR) is 71.8 cm³/mol. The second-order valence-corrected chi connectivity index (χ2v) is 5.54. The first-order chi connectivity index (χ1) is 7.33. The van der Waals surface area contributed by atoms with Gasteiger partial charge in [-0.1, -0.05) is 0 Å². The van der Waals surface area contributed by atoms with E-state index in [2.05, 4.69) is 34.7 Å². The number of halogens is 1.